The van der Waals surface area contributed by atoms with Gasteiger partial charge in [-0.1, -0.05) is 0 Å². The van der Waals surface area contributed by atoms with Gasteiger partial charge in [0.05, 0.1) is 22.8 Å². The van der Waals surface area contributed by atoms with E-state index in [0.29, 0.717) is 0 Å². The maximum atomic E-state index is 12.8. The highest BCUT2D eigenvalue weighted by Gasteiger charge is 2.38. The van der Waals surface area contributed by atoms with Gasteiger partial charge in [0.2, 0.25) is 0 Å². The van der Waals surface area contributed by atoms with Crippen LogP contribution in [0.2, 0.25) is 0 Å². The Morgan fingerprint density at radius 3 is 1.69 bits per heavy atom. The van der Waals surface area contributed by atoms with Crippen molar-refractivity contribution < 1.29 is 38.9 Å². The third kappa shape index (κ3) is 4.45. The second kappa shape index (κ2) is 6.53. The van der Waals surface area contributed by atoms with Crippen LogP contribution < -0.4 is 4.18 Å². The van der Waals surface area contributed by atoms with Crippen LogP contribution in [0.15, 0.2) is 47.4 Å². The Labute approximate surface area is 143 Å². The average Bonchev–Trinajstić information content (AvgIpc) is 2.53. The molecule has 2 rings (SSSR count). The summed E-state index contributed by atoms with van der Waals surface area (Å²) in [6.07, 6.45) is -10.4. The van der Waals surface area contributed by atoms with Crippen molar-refractivity contribution in [1.82, 2.24) is 0 Å². The fraction of sp³-hybridized carbons (Fsp3) is 0.133. The molecule has 0 radical (unpaired) electrons. The SMILES string of the molecule is N#Cc1ccc(OS(=O)(=O)c2cc(C(F)(F)F)cc(C(F)(F)F)c2)cc1. The average molecular weight is 395 g/mol. The standard InChI is InChI=1S/C15H7F6NO3S/c16-14(17,18)10-5-11(15(19,20)21)7-13(6-10)26(23,24)25-12-3-1-9(8-22)2-4-12/h1-7H. The largest absolute Gasteiger partial charge is 0.416 e. The van der Waals surface area contributed by atoms with Crippen molar-refractivity contribution in [3.8, 4) is 11.8 Å². The number of halogens is 6. The summed E-state index contributed by atoms with van der Waals surface area (Å²) in [4.78, 5) is -1.30. The van der Waals surface area contributed by atoms with E-state index in [4.69, 9.17) is 5.26 Å². The van der Waals surface area contributed by atoms with E-state index in [1.54, 1.807) is 6.07 Å². The highest BCUT2D eigenvalue weighted by atomic mass is 32.2. The van der Waals surface area contributed by atoms with Gasteiger partial charge in [-0.2, -0.15) is 40.0 Å². The number of alkyl halides is 6. The van der Waals surface area contributed by atoms with Gasteiger partial charge in [-0.05, 0) is 42.5 Å². The van der Waals surface area contributed by atoms with Crippen molar-refractivity contribution in [2.24, 2.45) is 0 Å². The topological polar surface area (TPSA) is 67.2 Å². The first kappa shape index (κ1) is 19.6. The minimum Gasteiger partial charge on any atom is -0.379 e. The van der Waals surface area contributed by atoms with Gasteiger partial charge < -0.3 is 4.18 Å². The molecule has 138 valence electrons. The number of hydrogen-bond donors (Lipinski definition) is 0. The summed E-state index contributed by atoms with van der Waals surface area (Å²) in [6.45, 7) is 0. The summed E-state index contributed by atoms with van der Waals surface area (Å²) in [5.74, 6) is -0.380. The quantitative estimate of drug-likeness (QED) is 0.572. The van der Waals surface area contributed by atoms with Crippen LogP contribution in [0.5, 0.6) is 5.75 Å². The fourth-order valence-electron chi connectivity index (χ4n) is 1.83. The zero-order chi connectivity index (χ0) is 19.8. The van der Waals surface area contributed by atoms with E-state index in [1.165, 1.54) is 0 Å². The van der Waals surface area contributed by atoms with Gasteiger partial charge in [0, 0.05) is 0 Å². The molecule has 11 heteroatoms. The molecule has 0 spiro atoms. The maximum Gasteiger partial charge on any atom is 0.416 e. The molecule has 0 aromatic heterocycles. The molecule has 26 heavy (non-hydrogen) atoms. The lowest BCUT2D eigenvalue weighted by molar-refractivity contribution is -0.143. The third-order valence-electron chi connectivity index (χ3n) is 3.04. The zero-order valence-corrected chi connectivity index (χ0v) is 13.2. The molecule has 4 nitrogen and oxygen atoms in total. The Balaban J connectivity index is 2.52. The number of benzene rings is 2. The molecule has 0 aliphatic heterocycles. The van der Waals surface area contributed by atoms with E-state index in [-0.39, 0.29) is 29.5 Å². The van der Waals surface area contributed by atoms with Gasteiger partial charge in [-0.3, -0.25) is 0 Å². The lowest BCUT2D eigenvalue weighted by Crippen LogP contribution is -2.16. The molecule has 2 aromatic carbocycles. The zero-order valence-electron chi connectivity index (χ0n) is 12.4. The highest BCUT2D eigenvalue weighted by Crippen LogP contribution is 2.37. The Morgan fingerprint density at radius 1 is 0.846 bits per heavy atom. The number of hydrogen-bond acceptors (Lipinski definition) is 4. The van der Waals surface area contributed by atoms with Crippen molar-refractivity contribution in [1.29, 1.82) is 5.26 Å². The molecular weight excluding hydrogens is 388 g/mol. The fourth-order valence-corrected chi connectivity index (χ4v) is 2.83. The molecule has 0 bridgehead atoms. The Bertz CT molecular complexity index is 925. The molecule has 0 fully saturated rings. The van der Waals surface area contributed by atoms with Gasteiger partial charge >= 0.3 is 22.5 Å². The molecule has 0 aliphatic rings. The highest BCUT2D eigenvalue weighted by molar-refractivity contribution is 7.87. The molecule has 0 N–H and O–H groups in total. The first-order chi connectivity index (χ1) is 11.8. The van der Waals surface area contributed by atoms with Crippen LogP contribution in [0.3, 0.4) is 0 Å². The lowest BCUT2D eigenvalue weighted by Gasteiger charge is -2.14. The summed E-state index contributed by atoms with van der Waals surface area (Å²) in [6, 6.07) is 6.05. The molecule has 0 saturated carbocycles. The van der Waals surface area contributed by atoms with E-state index in [1.807, 2.05) is 0 Å². The van der Waals surface area contributed by atoms with Gasteiger partial charge in [0.1, 0.15) is 10.6 Å². The van der Waals surface area contributed by atoms with Gasteiger partial charge in [0.25, 0.3) is 0 Å². The Kier molecular flexibility index (Phi) is 4.92. The smallest absolute Gasteiger partial charge is 0.379 e. The van der Waals surface area contributed by atoms with Gasteiger partial charge in [-0.25, -0.2) is 0 Å². The molecule has 0 unspecified atom stereocenters. The maximum absolute atomic E-state index is 12.8. The summed E-state index contributed by atoms with van der Waals surface area (Å²) < 4.78 is 106. The van der Waals surface area contributed by atoms with E-state index in [0.717, 1.165) is 24.3 Å². The molecule has 0 saturated heterocycles. The lowest BCUT2D eigenvalue weighted by atomic mass is 10.1. The minimum atomic E-state index is -5.19. The van der Waals surface area contributed by atoms with E-state index in [2.05, 4.69) is 4.18 Å². The van der Waals surface area contributed by atoms with Crippen LogP contribution in [0.25, 0.3) is 0 Å². The number of nitrogens with zero attached hydrogens (tertiary/aromatic N) is 1. The number of nitriles is 1. The molecular formula is C15H7F6NO3S. The Hall–Kier alpha value is -2.74. The van der Waals surface area contributed by atoms with Crippen molar-refractivity contribution >= 4 is 10.1 Å². The molecule has 0 amide bonds. The van der Waals surface area contributed by atoms with Crippen molar-refractivity contribution in [2.45, 2.75) is 17.2 Å². The summed E-state index contributed by atoms with van der Waals surface area (Å²) in [5.41, 5.74) is -3.42. The van der Waals surface area contributed by atoms with Crippen molar-refractivity contribution in [3.05, 3.63) is 59.2 Å². The van der Waals surface area contributed by atoms with E-state index >= 15 is 0 Å². The van der Waals surface area contributed by atoms with Crippen LogP contribution in [0, 0.1) is 11.3 Å². The summed E-state index contributed by atoms with van der Waals surface area (Å²) >= 11 is 0. The molecule has 0 aliphatic carbocycles. The molecule has 0 heterocycles. The monoisotopic (exact) mass is 395 g/mol. The predicted octanol–water partition coefficient (Wildman–Crippen LogP) is 4.36. The second-order valence-corrected chi connectivity index (χ2v) is 6.46. The van der Waals surface area contributed by atoms with Crippen LogP contribution in [0.1, 0.15) is 16.7 Å². The first-order valence-corrected chi connectivity index (χ1v) is 7.98. The third-order valence-corrected chi connectivity index (χ3v) is 4.26. The van der Waals surface area contributed by atoms with Crippen LogP contribution >= 0.6 is 0 Å². The predicted molar refractivity (Wildman–Crippen MR) is 75.4 cm³/mol. The minimum absolute atomic E-state index is 0.0498. The van der Waals surface area contributed by atoms with Crippen molar-refractivity contribution in [2.75, 3.05) is 0 Å². The van der Waals surface area contributed by atoms with E-state index in [9.17, 15) is 34.8 Å². The van der Waals surface area contributed by atoms with Crippen LogP contribution in [0.4, 0.5) is 26.3 Å². The summed E-state index contributed by atoms with van der Waals surface area (Å²) in [5, 5.41) is 8.63. The second-order valence-electron chi connectivity index (χ2n) is 4.92. The summed E-state index contributed by atoms with van der Waals surface area (Å²) in [7, 11) is -4.98. The Morgan fingerprint density at radius 2 is 1.31 bits per heavy atom. The van der Waals surface area contributed by atoms with Crippen LogP contribution in [-0.4, -0.2) is 8.42 Å². The number of rotatable bonds is 3. The van der Waals surface area contributed by atoms with Crippen LogP contribution in [-0.2, 0) is 22.5 Å². The van der Waals surface area contributed by atoms with Crippen molar-refractivity contribution in [3.63, 3.8) is 0 Å². The first-order valence-electron chi connectivity index (χ1n) is 6.57. The normalized spacial score (nSPS) is 12.5. The van der Waals surface area contributed by atoms with E-state index < -0.39 is 38.5 Å². The molecule has 0 atom stereocenters. The van der Waals surface area contributed by atoms with Gasteiger partial charge in [0.15, 0.2) is 0 Å². The molecule has 2 aromatic rings. The van der Waals surface area contributed by atoms with Gasteiger partial charge in [-0.15, -0.1) is 0 Å².